The largest absolute Gasteiger partial charge is 0.310 e. The molecule has 0 fully saturated rings. The van der Waals surface area contributed by atoms with E-state index in [1.54, 1.807) is 24.3 Å². The Morgan fingerprint density at radius 1 is 0.846 bits per heavy atom. The van der Waals surface area contributed by atoms with E-state index >= 15 is 0 Å². The average molecular weight is 350 g/mol. The third-order valence-electron chi connectivity index (χ3n) is 4.88. The molecule has 2 aromatic rings. The van der Waals surface area contributed by atoms with Crippen LogP contribution in [0.25, 0.3) is 0 Å². The summed E-state index contributed by atoms with van der Waals surface area (Å²) in [6, 6.07) is 17.8. The van der Waals surface area contributed by atoms with Gasteiger partial charge in [-0.05, 0) is 43.0 Å². The summed E-state index contributed by atoms with van der Waals surface area (Å²) >= 11 is 0. The minimum atomic E-state index is -0.164. The predicted molar refractivity (Wildman–Crippen MR) is 103 cm³/mol. The van der Waals surface area contributed by atoms with Crippen molar-refractivity contribution < 1.29 is 9.59 Å². The number of nitrogens with one attached hydrogen (secondary N) is 1. The lowest BCUT2D eigenvalue weighted by Crippen LogP contribution is -2.31. The zero-order valence-corrected chi connectivity index (χ0v) is 15.4. The van der Waals surface area contributed by atoms with E-state index in [-0.39, 0.29) is 11.8 Å². The van der Waals surface area contributed by atoms with Crippen LogP contribution >= 0.6 is 0 Å². The van der Waals surface area contributed by atoms with Crippen LogP contribution in [0.4, 0.5) is 0 Å². The number of hydrogen-bond acceptors (Lipinski definition) is 3. The van der Waals surface area contributed by atoms with E-state index in [0.717, 1.165) is 19.4 Å². The van der Waals surface area contributed by atoms with Crippen LogP contribution in [-0.4, -0.2) is 29.8 Å². The van der Waals surface area contributed by atoms with Crippen molar-refractivity contribution in [1.29, 1.82) is 0 Å². The van der Waals surface area contributed by atoms with E-state index in [1.807, 2.05) is 6.07 Å². The monoisotopic (exact) mass is 350 g/mol. The SMILES string of the molecule is CC(C)C(NCCCCN1C(=O)c2ccccc2C1=O)c1ccccc1. The molecule has 2 amide bonds. The normalized spacial score (nSPS) is 14.8. The lowest BCUT2D eigenvalue weighted by Gasteiger charge is -2.23. The molecule has 2 aromatic carbocycles. The van der Waals surface area contributed by atoms with Crippen LogP contribution < -0.4 is 5.32 Å². The highest BCUT2D eigenvalue weighted by molar-refractivity contribution is 6.21. The van der Waals surface area contributed by atoms with Crippen LogP contribution in [0.1, 0.15) is 59.0 Å². The molecule has 0 bridgehead atoms. The van der Waals surface area contributed by atoms with Crippen LogP contribution in [-0.2, 0) is 0 Å². The maximum absolute atomic E-state index is 12.3. The van der Waals surface area contributed by atoms with Crippen LogP contribution in [0.15, 0.2) is 54.6 Å². The van der Waals surface area contributed by atoms with Gasteiger partial charge in [0.15, 0.2) is 0 Å². The Kier molecular flexibility index (Phi) is 5.84. The Hall–Kier alpha value is -2.46. The zero-order chi connectivity index (χ0) is 18.5. The molecule has 1 aliphatic rings. The zero-order valence-electron chi connectivity index (χ0n) is 15.4. The molecule has 1 aliphatic heterocycles. The molecule has 0 saturated heterocycles. The topological polar surface area (TPSA) is 49.4 Å². The third kappa shape index (κ3) is 3.86. The first kappa shape index (κ1) is 18.3. The Balaban J connectivity index is 1.47. The number of carbonyl (C=O) groups excluding carboxylic acids is 2. The van der Waals surface area contributed by atoms with Gasteiger partial charge in [0.05, 0.1) is 11.1 Å². The van der Waals surface area contributed by atoms with Crippen LogP contribution in [0.2, 0.25) is 0 Å². The third-order valence-corrected chi connectivity index (χ3v) is 4.88. The molecule has 0 aromatic heterocycles. The first-order valence-corrected chi connectivity index (χ1v) is 9.33. The molecule has 1 heterocycles. The quantitative estimate of drug-likeness (QED) is 0.577. The number of benzene rings is 2. The summed E-state index contributed by atoms with van der Waals surface area (Å²) in [4.78, 5) is 26.1. The van der Waals surface area contributed by atoms with Crippen LogP contribution in [0.3, 0.4) is 0 Å². The van der Waals surface area contributed by atoms with Crippen molar-refractivity contribution in [2.75, 3.05) is 13.1 Å². The standard InChI is InChI=1S/C22H26N2O2/c1-16(2)20(17-10-4-3-5-11-17)23-14-8-9-15-24-21(25)18-12-6-7-13-19(18)22(24)26/h3-7,10-13,16,20,23H,8-9,14-15H2,1-2H3. The summed E-state index contributed by atoms with van der Waals surface area (Å²) in [7, 11) is 0. The molecule has 136 valence electrons. The fourth-order valence-corrected chi connectivity index (χ4v) is 3.49. The van der Waals surface area contributed by atoms with Gasteiger partial charge in [0.1, 0.15) is 0 Å². The van der Waals surface area contributed by atoms with Gasteiger partial charge in [-0.3, -0.25) is 14.5 Å². The van der Waals surface area contributed by atoms with Crippen LogP contribution in [0, 0.1) is 5.92 Å². The number of unbranched alkanes of at least 4 members (excludes halogenated alkanes) is 1. The first-order chi connectivity index (χ1) is 12.6. The molecule has 0 aliphatic carbocycles. The highest BCUT2D eigenvalue weighted by Crippen LogP contribution is 2.23. The average Bonchev–Trinajstić information content (AvgIpc) is 2.90. The van der Waals surface area contributed by atoms with E-state index in [4.69, 9.17) is 0 Å². The van der Waals surface area contributed by atoms with Gasteiger partial charge in [0.2, 0.25) is 0 Å². The van der Waals surface area contributed by atoms with Gasteiger partial charge in [-0.1, -0.05) is 56.3 Å². The maximum Gasteiger partial charge on any atom is 0.261 e. The van der Waals surface area contributed by atoms with Gasteiger partial charge in [-0.15, -0.1) is 0 Å². The van der Waals surface area contributed by atoms with Crippen molar-refractivity contribution in [1.82, 2.24) is 10.2 Å². The number of hydrogen-bond donors (Lipinski definition) is 1. The molecule has 3 rings (SSSR count). The molecule has 1 unspecified atom stereocenters. The second kappa shape index (κ2) is 8.28. The Bertz CT molecular complexity index is 736. The summed E-state index contributed by atoms with van der Waals surface area (Å²) in [6.45, 7) is 5.76. The number of imide groups is 1. The van der Waals surface area contributed by atoms with Gasteiger partial charge in [-0.2, -0.15) is 0 Å². The van der Waals surface area contributed by atoms with E-state index in [9.17, 15) is 9.59 Å². The molecule has 4 nitrogen and oxygen atoms in total. The number of nitrogens with zero attached hydrogens (tertiary/aromatic N) is 1. The van der Waals surface area contributed by atoms with Crippen molar-refractivity contribution in [3.8, 4) is 0 Å². The van der Waals surface area contributed by atoms with Gasteiger partial charge in [0.25, 0.3) is 11.8 Å². The van der Waals surface area contributed by atoms with Crippen molar-refractivity contribution in [3.63, 3.8) is 0 Å². The van der Waals surface area contributed by atoms with Crippen molar-refractivity contribution in [3.05, 3.63) is 71.3 Å². The lowest BCUT2D eigenvalue weighted by molar-refractivity contribution is 0.0651. The fraction of sp³-hybridized carbons (Fsp3) is 0.364. The van der Waals surface area contributed by atoms with E-state index in [0.29, 0.717) is 29.6 Å². The van der Waals surface area contributed by atoms with Gasteiger partial charge in [-0.25, -0.2) is 0 Å². The molecule has 1 atom stereocenters. The first-order valence-electron chi connectivity index (χ1n) is 9.33. The molecule has 1 N–H and O–H groups in total. The molecule has 4 heteroatoms. The second-order valence-corrected chi connectivity index (χ2v) is 7.10. The van der Waals surface area contributed by atoms with Crippen molar-refractivity contribution in [2.24, 2.45) is 5.92 Å². The van der Waals surface area contributed by atoms with E-state index < -0.39 is 0 Å². The molecule has 0 radical (unpaired) electrons. The summed E-state index contributed by atoms with van der Waals surface area (Å²) in [5.41, 5.74) is 2.35. The Morgan fingerprint density at radius 3 is 2.00 bits per heavy atom. The number of amides is 2. The summed E-state index contributed by atoms with van der Waals surface area (Å²) < 4.78 is 0. The predicted octanol–water partition coefficient (Wildman–Crippen LogP) is 4.05. The second-order valence-electron chi connectivity index (χ2n) is 7.10. The van der Waals surface area contributed by atoms with Gasteiger partial charge >= 0.3 is 0 Å². The van der Waals surface area contributed by atoms with Crippen molar-refractivity contribution in [2.45, 2.75) is 32.7 Å². The minimum absolute atomic E-state index is 0.164. The highest BCUT2D eigenvalue weighted by Gasteiger charge is 2.34. The highest BCUT2D eigenvalue weighted by atomic mass is 16.2. The fourth-order valence-electron chi connectivity index (χ4n) is 3.49. The van der Waals surface area contributed by atoms with E-state index in [1.165, 1.54) is 10.5 Å². The Labute approximate surface area is 155 Å². The number of carbonyl (C=O) groups is 2. The summed E-state index contributed by atoms with van der Waals surface area (Å²) in [5, 5.41) is 3.61. The molecule has 0 saturated carbocycles. The number of fused-ring (bicyclic) bond motifs is 1. The Morgan fingerprint density at radius 2 is 1.42 bits per heavy atom. The summed E-state index contributed by atoms with van der Waals surface area (Å²) in [5.74, 6) is 0.166. The van der Waals surface area contributed by atoms with Gasteiger partial charge in [0, 0.05) is 12.6 Å². The van der Waals surface area contributed by atoms with Crippen LogP contribution in [0.5, 0.6) is 0 Å². The smallest absolute Gasteiger partial charge is 0.261 e. The van der Waals surface area contributed by atoms with Crippen molar-refractivity contribution >= 4 is 11.8 Å². The summed E-state index contributed by atoms with van der Waals surface area (Å²) in [6.07, 6.45) is 1.72. The molecule has 26 heavy (non-hydrogen) atoms. The minimum Gasteiger partial charge on any atom is -0.310 e. The van der Waals surface area contributed by atoms with E-state index in [2.05, 4.69) is 43.4 Å². The molecule has 0 spiro atoms. The van der Waals surface area contributed by atoms with Gasteiger partial charge < -0.3 is 5.32 Å². The molecular weight excluding hydrogens is 324 g/mol. The number of rotatable bonds is 8. The lowest BCUT2D eigenvalue weighted by atomic mass is 9.96. The maximum atomic E-state index is 12.3. The molecular formula is C22H26N2O2.